The molecular weight excluding hydrogens is 232 g/mol. The summed E-state index contributed by atoms with van der Waals surface area (Å²) in [5, 5.41) is 10.4. The number of aromatic nitrogens is 1. The van der Waals surface area contributed by atoms with Crippen LogP contribution in [0.25, 0.3) is 0 Å². The van der Waals surface area contributed by atoms with Crippen LogP contribution in [0.5, 0.6) is 0 Å². The van der Waals surface area contributed by atoms with Crippen LogP contribution in [0.4, 0.5) is 0 Å². The van der Waals surface area contributed by atoms with Crippen LogP contribution in [0.1, 0.15) is 48.2 Å². The SMILES string of the molecule is Cc1nc(C2CCOCC2)sc1C(C)(C)C#N. The summed E-state index contributed by atoms with van der Waals surface area (Å²) in [6.07, 6.45) is 2.11. The second-order valence-corrected chi connectivity index (χ2v) is 6.12. The van der Waals surface area contributed by atoms with Crippen LogP contribution in [0.2, 0.25) is 0 Å². The van der Waals surface area contributed by atoms with E-state index in [0.29, 0.717) is 5.92 Å². The lowest BCUT2D eigenvalue weighted by Gasteiger charge is -2.19. The number of ether oxygens (including phenoxy) is 1. The van der Waals surface area contributed by atoms with Gasteiger partial charge in [0.1, 0.15) is 0 Å². The van der Waals surface area contributed by atoms with E-state index in [1.807, 2.05) is 20.8 Å². The molecule has 0 amide bonds. The first-order chi connectivity index (χ1) is 8.04. The Bertz CT molecular complexity index is 439. The highest BCUT2D eigenvalue weighted by molar-refractivity contribution is 7.12. The Kier molecular flexibility index (Phi) is 3.50. The smallest absolute Gasteiger partial charge is 0.0964 e. The van der Waals surface area contributed by atoms with E-state index in [1.54, 1.807) is 11.3 Å². The van der Waals surface area contributed by atoms with E-state index < -0.39 is 5.41 Å². The number of nitrogens with zero attached hydrogens (tertiary/aromatic N) is 2. The Labute approximate surface area is 106 Å². The van der Waals surface area contributed by atoms with Crippen LogP contribution in [0.3, 0.4) is 0 Å². The van der Waals surface area contributed by atoms with Gasteiger partial charge in [0.25, 0.3) is 0 Å². The molecule has 1 aromatic heterocycles. The largest absolute Gasteiger partial charge is 0.381 e. The van der Waals surface area contributed by atoms with Gasteiger partial charge in [-0.25, -0.2) is 4.98 Å². The molecule has 1 fully saturated rings. The minimum Gasteiger partial charge on any atom is -0.381 e. The number of hydrogen-bond acceptors (Lipinski definition) is 4. The first kappa shape index (κ1) is 12.5. The molecule has 0 N–H and O–H groups in total. The standard InChI is InChI=1S/C13H18N2OS/c1-9-11(13(2,3)8-14)17-12(15-9)10-4-6-16-7-5-10/h10H,4-7H2,1-3H3. The molecule has 0 atom stereocenters. The Morgan fingerprint density at radius 3 is 2.65 bits per heavy atom. The Morgan fingerprint density at radius 1 is 1.41 bits per heavy atom. The molecule has 4 heteroatoms. The summed E-state index contributed by atoms with van der Waals surface area (Å²) >= 11 is 1.71. The first-order valence-corrected chi connectivity index (χ1v) is 6.83. The topological polar surface area (TPSA) is 45.9 Å². The van der Waals surface area contributed by atoms with E-state index in [2.05, 4.69) is 11.1 Å². The van der Waals surface area contributed by atoms with Crippen molar-refractivity contribution in [2.24, 2.45) is 0 Å². The lowest BCUT2D eigenvalue weighted by molar-refractivity contribution is 0.0852. The molecule has 1 aliphatic heterocycles. The molecule has 0 saturated carbocycles. The van der Waals surface area contributed by atoms with Crippen LogP contribution in [-0.2, 0) is 10.2 Å². The third kappa shape index (κ3) is 2.51. The first-order valence-electron chi connectivity index (χ1n) is 6.01. The molecule has 1 aliphatic rings. The van der Waals surface area contributed by atoms with Crippen LogP contribution in [0, 0.1) is 18.3 Å². The van der Waals surface area contributed by atoms with E-state index >= 15 is 0 Å². The zero-order chi connectivity index (χ0) is 12.5. The highest BCUT2D eigenvalue weighted by Crippen LogP contribution is 2.37. The van der Waals surface area contributed by atoms with E-state index in [4.69, 9.17) is 4.74 Å². The van der Waals surface area contributed by atoms with Gasteiger partial charge in [0.05, 0.1) is 22.2 Å². The summed E-state index contributed by atoms with van der Waals surface area (Å²) < 4.78 is 5.37. The summed E-state index contributed by atoms with van der Waals surface area (Å²) in [4.78, 5) is 5.77. The van der Waals surface area contributed by atoms with Crippen molar-refractivity contribution in [3.63, 3.8) is 0 Å². The highest BCUT2D eigenvalue weighted by atomic mass is 32.1. The van der Waals surface area contributed by atoms with Crippen LogP contribution in [0.15, 0.2) is 0 Å². The molecule has 0 spiro atoms. The number of aryl methyl sites for hydroxylation is 1. The van der Waals surface area contributed by atoms with Crippen LogP contribution in [-0.4, -0.2) is 18.2 Å². The van der Waals surface area contributed by atoms with Gasteiger partial charge in [0, 0.05) is 24.0 Å². The van der Waals surface area contributed by atoms with Crippen molar-refractivity contribution in [3.05, 3.63) is 15.6 Å². The highest BCUT2D eigenvalue weighted by Gasteiger charge is 2.28. The van der Waals surface area contributed by atoms with Crippen molar-refractivity contribution in [3.8, 4) is 6.07 Å². The second-order valence-electron chi connectivity index (χ2n) is 5.09. The lowest BCUT2D eigenvalue weighted by atomic mass is 9.93. The molecule has 3 nitrogen and oxygen atoms in total. The summed E-state index contributed by atoms with van der Waals surface area (Å²) in [6.45, 7) is 7.59. The Hall–Kier alpha value is -0.920. The van der Waals surface area contributed by atoms with Gasteiger partial charge in [-0.3, -0.25) is 0 Å². The summed E-state index contributed by atoms with van der Waals surface area (Å²) in [7, 11) is 0. The van der Waals surface area contributed by atoms with Crippen molar-refractivity contribution in [2.75, 3.05) is 13.2 Å². The van der Waals surface area contributed by atoms with Gasteiger partial charge in [-0.2, -0.15) is 5.26 Å². The van der Waals surface area contributed by atoms with Crippen LogP contribution < -0.4 is 0 Å². The van der Waals surface area contributed by atoms with Gasteiger partial charge < -0.3 is 4.74 Å². The average Bonchev–Trinajstić information content (AvgIpc) is 2.73. The lowest BCUT2D eigenvalue weighted by Crippen LogP contribution is -2.13. The summed E-state index contributed by atoms with van der Waals surface area (Å²) in [5.41, 5.74) is 0.591. The maximum atomic E-state index is 9.20. The quantitative estimate of drug-likeness (QED) is 0.810. The van der Waals surface area contributed by atoms with Crippen molar-refractivity contribution >= 4 is 11.3 Å². The number of thiazole rings is 1. The maximum Gasteiger partial charge on any atom is 0.0964 e. The molecular formula is C13H18N2OS. The zero-order valence-electron chi connectivity index (χ0n) is 10.6. The van der Waals surface area contributed by atoms with Gasteiger partial charge in [0.15, 0.2) is 0 Å². The second kappa shape index (κ2) is 4.75. The molecule has 1 aromatic rings. The van der Waals surface area contributed by atoms with Gasteiger partial charge in [0.2, 0.25) is 0 Å². The van der Waals surface area contributed by atoms with Crippen molar-refractivity contribution < 1.29 is 4.74 Å². The third-order valence-corrected chi connectivity index (χ3v) is 4.87. The predicted octanol–water partition coefficient (Wildman–Crippen LogP) is 3.15. The van der Waals surface area contributed by atoms with E-state index in [1.165, 1.54) is 5.01 Å². The molecule has 1 saturated heterocycles. The summed E-state index contributed by atoms with van der Waals surface area (Å²) in [6, 6.07) is 2.36. The third-order valence-electron chi connectivity index (χ3n) is 3.23. The van der Waals surface area contributed by atoms with Crippen molar-refractivity contribution in [1.82, 2.24) is 4.98 Å². The molecule has 0 radical (unpaired) electrons. The fraction of sp³-hybridized carbons (Fsp3) is 0.692. The molecule has 0 aliphatic carbocycles. The van der Waals surface area contributed by atoms with E-state index in [0.717, 1.165) is 36.6 Å². The van der Waals surface area contributed by atoms with Crippen LogP contribution >= 0.6 is 11.3 Å². The Morgan fingerprint density at radius 2 is 2.06 bits per heavy atom. The minimum atomic E-state index is -0.425. The zero-order valence-corrected chi connectivity index (χ0v) is 11.4. The van der Waals surface area contributed by atoms with Gasteiger partial charge >= 0.3 is 0 Å². The fourth-order valence-electron chi connectivity index (χ4n) is 2.17. The molecule has 2 rings (SSSR count). The Balaban J connectivity index is 2.27. The number of rotatable bonds is 2. The molecule has 0 bridgehead atoms. The van der Waals surface area contributed by atoms with Crippen molar-refractivity contribution in [2.45, 2.75) is 44.9 Å². The van der Waals surface area contributed by atoms with Crippen molar-refractivity contribution in [1.29, 1.82) is 5.26 Å². The number of nitriles is 1. The normalized spacial score (nSPS) is 18.0. The monoisotopic (exact) mass is 250 g/mol. The van der Waals surface area contributed by atoms with E-state index in [-0.39, 0.29) is 0 Å². The van der Waals surface area contributed by atoms with Gasteiger partial charge in [-0.15, -0.1) is 11.3 Å². The average molecular weight is 250 g/mol. The van der Waals surface area contributed by atoms with Gasteiger partial charge in [-0.1, -0.05) is 0 Å². The minimum absolute atomic E-state index is 0.425. The fourth-order valence-corrected chi connectivity index (χ4v) is 3.46. The molecule has 92 valence electrons. The van der Waals surface area contributed by atoms with E-state index in [9.17, 15) is 5.26 Å². The molecule has 0 aromatic carbocycles. The molecule has 0 unspecified atom stereocenters. The maximum absolute atomic E-state index is 9.20. The summed E-state index contributed by atoms with van der Waals surface area (Å²) in [5.74, 6) is 0.524. The number of hydrogen-bond donors (Lipinski definition) is 0. The van der Waals surface area contributed by atoms with Gasteiger partial charge in [-0.05, 0) is 33.6 Å². The molecule has 17 heavy (non-hydrogen) atoms. The molecule has 2 heterocycles. The predicted molar refractivity (Wildman–Crippen MR) is 68.3 cm³/mol.